The first-order valence-electron chi connectivity index (χ1n) is 8.32. The van der Waals surface area contributed by atoms with Gasteiger partial charge in [-0.05, 0) is 19.1 Å². The number of fused-ring (bicyclic) bond motifs is 1. The molecule has 3 N–H and O–H groups in total. The van der Waals surface area contributed by atoms with E-state index in [0.717, 1.165) is 11.1 Å². The van der Waals surface area contributed by atoms with E-state index in [1.54, 1.807) is 6.08 Å². The van der Waals surface area contributed by atoms with Crippen LogP contribution in [-0.4, -0.2) is 39.3 Å². The fraction of sp³-hybridized carbons (Fsp3) is 0.167. The second-order valence-electron chi connectivity index (χ2n) is 5.72. The van der Waals surface area contributed by atoms with Crippen LogP contribution in [0.1, 0.15) is 5.56 Å². The van der Waals surface area contributed by atoms with Crippen LogP contribution in [0.5, 0.6) is 5.88 Å². The quantitative estimate of drug-likeness (QED) is 0.324. The Hall–Kier alpha value is -3.53. The maximum atomic E-state index is 12.0. The summed E-state index contributed by atoms with van der Waals surface area (Å²) in [5, 5.41) is 7.64. The number of carbonyl (C=O) groups excluding carboxylic acids is 1. The van der Waals surface area contributed by atoms with Crippen LogP contribution in [0, 0.1) is 6.92 Å². The maximum Gasteiger partial charge on any atom is 0.276 e. The molecule has 2 heterocycles. The second kappa shape index (κ2) is 8.91. The van der Waals surface area contributed by atoms with E-state index in [-0.39, 0.29) is 23.3 Å². The monoisotopic (exact) mass is 398 g/mol. The van der Waals surface area contributed by atoms with Crippen molar-refractivity contribution in [3.05, 3.63) is 48.8 Å². The van der Waals surface area contributed by atoms with Gasteiger partial charge in [0.1, 0.15) is 17.4 Å². The van der Waals surface area contributed by atoms with Crippen molar-refractivity contribution in [2.24, 2.45) is 0 Å². The smallest absolute Gasteiger partial charge is 0.276 e. The number of hydrogen-bond donors (Lipinski definition) is 3. The molecule has 0 bridgehead atoms. The molecule has 28 heavy (non-hydrogen) atoms. The van der Waals surface area contributed by atoms with Crippen LogP contribution < -0.4 is 20.9 Å². The van der Waals surface area contributed by atoms with E-state index in [1.807, 2.05) is 31.2 Å². The highest BCUT2D eigenvalue weighted by molar-refractivity contribution is 7.80. The van der Waals surface area contributed by atoms with Crippen molar-refractivity contribution in [2.75, 3.05) is 13.2 Å². The molecule has 0 radical (unpaired) electrons. The van der Waals surface area contributed by atoms with Crippen molar-refractivity contribution >= 4 is 34.3 Å². The Morgan fingerprint density at radius 1 is 1.29 bits per heavy atom. The minimum Gasteiger partial charge on any atom is -0.467 e. The SMILES string of the molecule is C=CCNC(=S)NNC(=O)COc1ncnc2onc(-c3ccc(C)cc3)c12. The summed E-state index contributed by atoms with van der Waals surface area (Å²) in [6.07, 6.45) is 2.93. The van der Waals surface area contributed by atoms with Gasteiger partial charge >= 0.3 is 0 Å². The van der Waals surface area contributed by atoms with Gasteiger partial charge in [0.2, 0.25) is 5.88 Å². The number of benzene rings is 1. The van der Waals surface area contributed by atoms with Crippen LogP contribution in [-0.2, 0) is 4.79 Å². The highest BCUT2D eigenvalue weighted by Gasteiger charge is 2.18. The third-order valence-corrected chi connectivity index (χ3v) is 3.87. The molecule has 0 unspecified atom stereocenters. The summed E-state index contributed by atoms with van der Waals surface area (Å²) in [6.45, 7) is 5.74. The van der Waals surface area contributed by atoms with Crippen molar-refractivity contribution in [3.8, 4) is 17.1 Å². The standard InChI is InChI=1S/C18H18N6O3S/c1-3-8-19-18(28)23-22-13(25)9-26-16-14-15(12-6-4-11(2)5-7-12)24-27-17(14)21-10-20-16/h3-7,10H,1,8-9H2,2H3,(H,22,25)(H2,19,23,28). The molecule has 0 atom stereocenters. The highest BCUT2D eigenvalue weighted by Crippen LogP contribution is 2.32. The number of aryl methyl sites for hydroxylation is 1. The lowest BCUT2D eigenvalue weighted by Crippen LogP contribution is -2.48. The number of aromatic nitrogens is 3. The van der Waals surface area contributed by atoms with Gasteiger partial charge in [0, 0.05) is 12.1 Å². The predicted molar refractivity (Wildman–Crippen MR) is 107 cm³/mol. The van der Waals surface area contributed by atoms with Gasteiger partial charge in [0.05, 0.1) is 0 Å². The number of nitrogens with zero attached hydrogens (tertiary/aromatic N) is 3. The molecule has 0 spiro atoms. The lowest BCUT2D eigenvalue weighted by Gasteiger charge is -2.11. The number of carbonyl (C=O) groups is 1. The third kappa shape index (κ3) is 4.60. The molecule has 2 aromatic heterocycles. The molecule has 144 valence electrons. The van der Waals surface area contributed by atoms with E-state index in [2.05, 4.69) is 37.9 Å². The van der Waals surface area contributed by atoms with Gasteiger partial charge in [-0.3, -0.25) is 15.6 Å². The lowest BCUT2D eigenvalue weighted by molar-refractivity contribution is -0.123. The Balaban J connectivity index is 1.70. The zero-order valence-corrected chi connectivity index (χ0v) is 15.9. The Labute approximate surface area is 166 Å². The topological polar surface area (TPSA) is 114 Å². The van der Waals surface area contributed by atoms with Crippen molar-refractivity contribution in [1.82, 2.24) is 31.3 Å². The van der Waals surface area contributed by atoms with Crippen molar-refractivity contribution in [3.63, 3.8) is 0 Å². The largest absolute Gasteiger partial charge is 0.467 e. The summed E-state index contributed by atoms with van der Waals surface area (Å²) in [7, 11) is 0. The van der Waals surface area contributed by atoms with Crippen molar-refractivity contribution in [1.29, 1.82) is 0 Å². The first-order chi connectivity index (χ1) is 13.6. The van der Waals surface area contributed by atoms with Gasteiger partial charge in [-0.15, -0.1) is 6.58 Å². The predicted octanol–water partition coefficient (Wildman–Crippen LogP) is 1.65. The zero-order valence-electron chi connectivity index (χ0n) is 15.1. The van der Waals surface area contributed by atoms with Crippen LogP contribution >= 0.6 is 12.2 Å². The number of ether oxygens (including phenoxy) is 1. The fourth-order valence-corrected chi connectivity index (χ4v) is 2.42. The van der Waals surface area contributed by atoms with Crippen LogP contribution in [0.25, 0.3) is 22.4 Å². The number of hydrazine groups is 1. The molecule has 9 nitrogen and oxygen atoms in total. The lowest BCUT2D eigenvalue weighted by atomic mass is 10.1. The fourth-order valence-electron chi connectivity index (χ4n) is 2.28. The molecule has 0 fully saturated rings. The Morgan fingerprint density at radius 2 is 2.07 bits per heavy atom. The van der Waals surface area contributed by atoms with Crippen LogP contribution in [0.3, 0.4) is 0 Å². The summed E-state index contributed by atoms with van der Waals surface area (Å²) in [5.74, 6) is -0.243. The molecule has 1 aromatic carbocycles. The zero-order chi connectivity index (χ0) is 19.9. The molecule has 0 saturated heterocycles. The van der Waals surface area contributed by atoms with E-state index < -0.39 is 5.91 Å². The number of thiocarbonyl (C=S) groups is 1. The molecule has 0 saturated carbocycles. The Kier molecular flexibility index (Phi) is 6.12. The molecule has 0 aliphatic rings. The molecule has 0 aliphatic heterocycles. The van der Waals surface area contributed by atoms with Crippen molar-refractivity contribution in [2.45, 2.75) is 6.92 Å². The van der Waals surface area contributed by atoms with Crippen LogP contribution in [0.4, 0.5) is 0 Å². The summed E-state index contributed by atoms with van der Waals surface area (Å²) in [6, 6.07) is 7.75. The van der Waals surface area contributed by atoms with Gasteiger partial charge < -0.3 is 14.6 Å². The molecule has 3 aromatic rings. The highest BCUT2D eigenvalue weighted by atomic mass is 32.1. The normalized spacial score (nSPS) is 10.3. The average Bonchev–Trinajstić information content (AvgIpc) is 3.14. The minimum atomic E-state index is -0.442. The molecule has 10 heteroatoms. The van der Waals surface area contributed by atoms with E-state index in [1.165, 1.54) is 6.33 Å². The molecular formula is C18H18N6O3S. The molecule has 3 rings (SSSR count). The molecular weight excluding hydrogens is 380 g/mol. The van der Waals surface area contributed by atoms with Crippen LogP contribution in [0.2, 0.25) is 0 Å². The van der Waals surface area contributed by atoms with Crippen molar-refractivity contribution < 1.29 is 14.1 Å². The molecule has 1 amide bonds. The Bertz CT molecular complexity index is 1000. The van der Waals surface area contributed by atoms with Gasteiger partial charge in [0.15, 0.2) is 11.7 Å². The number of rotatable bonds is 6. The first-order valence-corrected chi connectivity index (χ1v) is 8.73. The van der Waals surface area contributed by atoms with Crippen LogP contribution in [0.15, 0.2) is 47.8 Å². The van der Waals surface area contributed by atoms with E-state index in [4.69, 9.17) is 21.5 Å². The summed E-state index contributed by atoms with van der Waals surface area (Å²) in [4.78, 5) is 20.1. The summed E-state index contributed by atoms with van der Waals surface area (Å²) >= 11 is 4.98. The van der Waals surface area contributed by atoms with Gasteiger partial charge in [-0.1, -0.05) is 41.1 Å². The summed E-state index contributed by atoms with van der Waals surface area (Å²) in [5.41, 5.74) is 7.74. The average molecular weight is 398 g/mol. The second-order valence-corrected chi connectivity index (χ2v) is 6.12. The number of nitrogens with one attached hydrogen (secondary N) is 3. The maximum absolute atomic E-state index is 12.0. The van der Waals surface area contributed by atoms with Gasteiger partial charge in [-0.2, -0.15) is 4.98 Å². The molecule has 0 aliphatic carbocycles. The minimum absolute atomic E-state index is 0.198. The third-order valence-electron chi connectivity index (χ3n) is 3.63. The van der Waals surface area contributed by atoms with E-state index in [9.17, 15) is 4.79 Å². The summed E-state index contributed by atoms with van der Waals surface area (Å²) < 4.78 is 10.8. The van der Waals surface area contributed by atoms with Gasteiger partial charge in [0.25, 0.3) is 11.6 Å². The first kappa shape index (κ1) is 19.2. The van der Waals surface area contributed by atoms with E-state index >= 15 is 0 Å². The van der Waals surface area contributed by atoms with Gasteiger partial charge in [-0.25, -0.2) is 4.98 Å². The number of hydrogen-bond acceptors (Lipinski definition) is 7. The van der Waals surface area contributed by atoms with E-state index in [0.29, 0.717) is 17.6 Å². The number of amides is 1. The Morgan fingerprint density at radius 3 is 2.82 bits per heavy atom.